The number of pyridine rings is 1. The van der Waals surface area contributed by atoms with Crippen LogP contribution in [0, 0.1) is 5.82 Å². The lowest BCUT2D eigenvalue weighted by molar-refractivity contribution is -0.200. The van der Waals surface area contributed by atoms with Crippen LogP contribution in [0.2, 0.25) is 0 Å². The first-order valence-corrected chi connectivity index (χ1v) is 8.48. The highest BCUT2D eigenvalue weighted by Crippen LogP contribution is 2.33. The van der Waals surface area contributed by atoms with Crippen LogP contribution in [-0.2, 0) is 9.53 Å². The van der Waals surface area contributed by atoms with E-state index in [0.717, 1.165) is 0 Å². The molecule has 0 amide bonds. The second kappa shape index (κ2) is 8.35. The Morgan fingerprint density at radius 3 is 2.60 bits per heavy atom. The number of nitrogens with zero attached hydrogens (tertiary/aromatic N) is 3. The number of rotatable bonds is 6. The molecule has 0 bridgehead atoms. The van der Waals surface area contributed by atoms with Gasteiger partial charge in [0.2, 0.25) is 5.95 Å². The van der Waals surface area contributed by atoms with Crippen molar-refractivity contribution in [2.75, 3.05) is 31.3 Å². The largest absolute Gasteiger partial charge is 0.490 e. The molecule has 12 heteroatoms. The number of hydrogen-bond donors (Lipinski definition) is 2. The first kappa shape index (κ1) is 21.0. The summed E-state index contributed by atoms with van der Waals surface area (Å²) in [5.41, 5.74) is 5.99. The molecule has 158 valence electrons. The van der Waals surface area contributed by atoms with Crippen molar-refractivity contribution in [3.8, 4) is 17.0 Å². The van der Waals surface area contributed by atoms with Crippen molar-refractivity contribution in [3.05, 3.63) is 36.1 Å². The van der Waals surface area contributed by atoms with E-state index in [9.17, 15) is 22.4 Å². The van der Waals surface area contributed by atoms with E-state index in [1.54, 1.807) is 13.1 Å². The summed E-state index contributed by atoms with van der Waals surface area (Å²) >= 11 is 0. The zero-order valence-corrected chi connectivity index (χ0v) is 15.5. The topological polar surface area (TPSA) is 112 Å². The van der Waals surface area contributed by atoms with Gasteiger partial charge < -0.3 is 20.5 Å². The number of nitrogens with two attached hydrogens (primary N) is 1. The Labute approximate surface area is 167 Å². The van der Waals surface area contributed by atoms with Gasteiger partial charge in [-0.25, -0.2) is 14.2 Å². The molecular weight excluding hydrogens is 410 g/mol. The fourth-order valence-electron chi connectivity index (χ4n) is 2.60. The van der Waals surface area contributed by atoms with Gasteiger partial charge in [0.25, 0.3) is 0 Å². The fourth-order valence-corrected chi connectivity index (χ4v) is 2.60. The van der Waals surface area contributed by atoms with Gasteiger partial charge in [0.15, 0.2) is 5.65 Å². The third kappa shape index (κ3) is 4.47. The third-order valence-electron chi connectivity index (χ3n) is 3.85. The van der Waals surface area contributed by atoms with E-state index in [-0.39, 0.29) is 28.6 Å². The summed E-state index contributed by atoms with van der Waals surface area (Å²) < 4.78 is 60.4. The molecule has 3 N–H and O–H groups in total. The van der Waals surface area contributed by atoms with Crippen molar-refractivity contribution in [1.29, 1.82) is 0 Å². The molecule has 0 unspecified atom stereocenters. The van der Waals surface area contributed by atoms with Gasteiger partial charge >= 0.3 is 12.1 Å². The lowest BCUT2D eigenvalue weighted by Gasteiger charge is -2.13. The molecular formula is C18H15F4N5O3. The molecule has 2 heterocycles. The lowest BCUT2D eigenvalue weighted by Crippen LogP contribution is -2.27. The Hall–Kier alpha value is -3.70. The van der Waals surface area contributed by atoms with Crippen LogP contribution >= 0.6 is 0 Å². The monoisotopic (exact) mass is 425 g/mol. The van der Waals surface area contributed by atoms with Gasteiger partial charge in [-0.15, -0.1) is 0 Å². The first-order valence-electron chi connectivity index (χ1n) is 8.48. The smallest absolute Gasteiger partial charge is 0.489 e. The first-order chi connectivity index (χ1) is 14.2. The average Bonchev–Trinajstić information content (AvgIpc) is 2.69. The molecule has 0 radical (unpaired) electrons. The zero-order valence-electron chi connectivity index (χ0n) is 15.5. The van der Waals surface area contributed by atoms with Gasteiger partial charge in [-0.2, -0.15) is 23.1 Å². The Morgan fingerprint density at radius 1 is 1.13 bits per heavy atom. The highest BCUT2D eigenvalue weighted by Gasteiger charge is 2.40. The Kier molecular flexibility index (Phi) is 5.85. The van der Waals surface area contributed by atoms with Crippen molar-refractivity contribution in [1.82, 2.24) is 15.0 Å². The van der Waals surface area contributed by atoms with Gasteiger partial charge in [-0.3, -0.25) is 0 Å². The van der Waals surface area contributed by atoms with E-state index in [1.807, 2.05) is 0 Å². The van der Waals surface area contributed by atoms with Crippen LogP contribution in [0.3, 0.4) is 0 Å². The molecule has 0 saturated heterocycles. The van der Waals surface area contributed by atoms with Gasteiger partial charge in [0.05, 0.1) is 16.6 Å². The second-order valence-corrected chi connectivity index (χ2v) is 5.84. The Bertz CT molecular complexity index is 1090. The summed E-state index contributed by atoms with van der Waals surface area (Å²) in [6.07, 6.45) is -5.10. The van der Waals surface area contributed by atoms with Gasteiger partial charge in [-0.1, -0.05) is 6.07 Å². The minimum atomic E-state index is -5.10. The van der Waals surface area contributed by atoms with Crippen LogP contribution in [-0.4, -0.2) is 47.4 Å². The maximum Gasteiger partial charge on any atom is 0.490 e. The molecule has 0 atom stereocenters. The van der Waals surface area contributed by atoms with Crippen LogP contribution in [0.4, 0.5) is 29.3 Å². The van der Waals surface area contributed by atoms with E-state index < -0.39 is 31.2 Å². The number of hydrogen-bond acceptors (Lipinski definition) is 8. The minimum Gasteiger partial charge on any atom is -0.489 e. The highest BCUT2D eigenvalue weighted by atomic mass is 19.4. The molecule has 0 saturated carbocycles. The molecule has 0 aliphatic carbocycles. The number of carbonyl (C=O) groups excluding carboxylic acids is 1. The van der Waals surface area contributed by atoms with Crippen LogP contribution in [0.25, 0.3) is 22.3 Å². The number of ether oxygens (including phenoxy) is 2. The maximum absolute atomic E-state index is 14.5. The molecule has 2 aromatic heterocycles. The van der Waals surface area contributed by atoms with E-state index in [0.29, 0.717) is 11.2 Å². The molecule has 3 rings (SSSR count). The second-order valence-electron chi connectivity index (χ2n) is 5.84. The molecule has 0 aliphatic rings. The van der Waals surface area contributed by atoms with E-state index in [4.69, 9.17) is 10.5 Å². The number of anilines is 2. The number of nitrogen functional groups attached to an aromatic ring is 1. The van der Waals surface area contributed by atoms with Crippen LogP contribution in [0.15, 0.2) is 30.3 Å². The predicted octanol–water partition coefficient (Wildman–Crippen LogP) is 2.94. The summed E-state index contributed by atoms with van der Waals surface area (Å²) in [5, 5.41) is 3.40. The lowest BCUT2D eigenvalue weighted by atomic mass is 10.1. The number of benzene rings is 1. The average molecular weight is 425 g/mol. The van der Waals surface area contributed by atoms with Crippen molar-refractivity contribution >= 4 is 28.8 Å². The van der Waals surface area contributed by atoms with E-state index in [1.165, 1.54) is 24.3 Å². The predicted molar refractivity (Wildman–Crippen MR) is 99.2 cm³/mol. The van der Waals surface area contributed by atoms with Gasteiger partial charge in [0, 0.05) is 7.05 Å². The number of fused-ring (bicyclic) bond motifs is 1. The minimum absolute atomic E-state index is 0.000718. The number of carbonyl (C=O) groups is 1. The highest BCUT2D eigenvalue weighted by molar-refractivity contribution is 5.89. The standard InChI is InChI=1S/C18H15F4N5O3/c1-24-14-9-5-6-11(25-15(9)27-17(23)26-14)13-10(19)3-2-4-12(13)29-7-8-30-16(28)18(20,21)22/h2-6H,7-8H2,1H3,(H3,23,24,25,26,27). The van der Waals surface area contributed by atoms with E-state index >= 15 is 0 Å². The summed E-state index contributed by atoms with van der Waals surface area (Å²) in [7, 11) is 1.64. The van der Waals surface area contributed by atoms with Gasteiger partial charge in [0.1, 0.15) is 30.6 Å². The number of alkyl halides is 3. The zero-order chi connectivity index (χ0) is 21.9. The molecule has 0 spiro atoms. The van der Waals surface area contributed by atoms with Crippen molar-refractivity contribution in [2.45, 2.75) is 6.18 Å². The fraction of sp³-hybridized carbons (Fsp3) is 0.222. The molecule has 3 aromatic rings. The quantitative estimate of drug-likeness (QED) is 0.352. The number of aromatic nitrogens is 3. The van der Waals surface area contributed by atoms with Crippen LogP contribution in [0.5, 0.6) is 5.75 Å². The Balaban J connectivity index is 1.87. The molecule has 8 nitrogen and oxygen atoms in total. The third-order valence-corrected chi connectivity index (χ3v) is 3.85. The van der Waals surface area contributed by atoms with E-state index in [2.05, 4.69) is 25.0 Å². The summed E-state index contributed by atoms with van der Waals surface area (Å²) in [5.74, 6) is -2.61. The summed E-state index contributed by atoms with van der Waals surface area (Å²) in [6.45, 7) is -1.10. The molecule has 0 aliphatic heterocycles. The molecule has 0 fully saturated rings. The number of esters is 1. The van der Waals surface area contributed by atoms with Crippen molar-refractivity contribution < 1.29 is 31.8 Å². The van der Waals surface area contributed by atoms with Crippen LogP contribution in [0.1, 0.15) is 0 Å². The van der Waals surface area contributed by atoms with Crippen molar-refractivity contribution in [3.63, 3.8) is 0 Å². The number of nitrogens with one attached hydrogen (secondary N) is 1. The Morgan fingerprint density at radius 2 is 1.90 bits per heavy atom. The van der Waals surface area contributed by atoms with Crippen molar-refractivity contribution in [2.24, 2.45) is 0 Å². The molecule has 1 aromatic carbocycles. The van der Waals surface area contributed by atoms with Crippen LogP contribution < -0.4 is 15.8 Å². The summed E-state index contributed by atoms with van der Waals surface area (Å²) in [6, 6.07) is 7.06. The summed E-state index contributed by atoms with van der Waals surface area (Å²) in [4.78, 5) is 23.1. The normalized spacial score (nSPS) is 11.4. The van der Waals surface area contributed by atoms with Gasteiger partial charge in [-0.05, 0) is 24.3 Å². The maximum atomic E-state index is 14.5. The SMILES string of the molecule is CNc1nc(N)nc2nc(-c3c(F)cccc3OCCOC(=O)C(F)(F)F)ccc12. The molecule has 30 heavy (non-hydrogen) atoms. The number of halogens is 4.